The van der Waals surface area contributed by atoms with Crippen LogP contribution in [-0.4, -0.2) is 26.2 Å². The maximum absolute atomic E-state index is 12.3. The van der Waals surface area contributed by atoms with Gasteiger partial charge in [0, 0.05) is 23.3 Å². The van der Waals surface area contributed by atoms with E-state index in [0.717, 1.165) is 0 Å². The Morgan fingerprint density at radius 1 is 1.03 bits per heavy atom. The van der Waals surface area contributed by atoms with E-state index in [0.29, 0.717) is 22.6 Å². The van der Waals surface area contributed by atoms with Gasteiger partial charge in [-0.3, -0.25) is 14.9 Å². The van der Waals surface area contributed by atoms with Gasteiger partial charge in [-0.2, -0.15) is 0 Å². The van der Waals surface area contributed by atoms with E-state index in [-0.39, 0.29) is 16.4 Å². The number of rotatable bonds is 7. The average molecular weight is 412 g/mol. The van der Waals surface area contributed by atoms with Gasteiger partial charge < -0.3 is 4.42 Å². The van der Waals surface area contributed by atoms with Crippen LogP contribution in [0.3, 0.4) is 0 Å². The third kappa shape index (κ3) is 4.65. The van der Waals surface area contributed by atoms with Crippen LogP contribution >= 0.6 is 0 Å². The largest absolute Gasteiger partial charge is 0.457 e. The molecule has 0 saturated heterocycles. The maximum atomic E-state index is 12.3. The Balaban J connectivity index is 1.72. The molecule has 1 aromatic heterocycles. The Morgan fingerprint density at radius 2 is 1.69 bits per heavy atom. The summed E-state index contributed by atoms with van der Waals surface area (Å²) in [7, 11) is -2.25. The molecule has 0 atom stereocenters. The van der Waals surface area contributed by atoms with Crippen LogP contribution in [0.4, 0.5) is 5.69 Å². The van der Waals surface area contributed by atoms with Gasteiger partial charge >= 0.3 is 0 Å². The smallest absolute Gasteiger partial charge is 0.269 e. The Bertz CT molecular complexity index is 1180. The molecule has 8 nitrogen and oxygen atoms in total. The second kappa shape index (κ2) is 8.21. The fourth-order valence-electron chi connectivity index (χ4n) is 2.52. The van der Waals surface area contributed by atoms with E-state index in [9.17, 15) is 23.3 Å². The summed E-state index contributed by atoms with van der Waals surface area (Å²) < 4.78 is 31.3. The molecule has 1 heterocycles. The lowest BCUT2D eigenvalue weighted by Gasteiger charge is -2.02. The van der Waals surface area contributed by atoms with Crippen molar-refractivity contribution >= 4 is 27.6 Å². The molecule has 0 bridgehead atoms. The van der Waals surface area contributed by atoms with E-state index in [1.807, 2.05) is 0 Å². The monoisotopic (exact) mass is 412 g/mol. The highest BCUT2D eigenvalue weighted by Gasteiger charge is 2.12. The first-order valence-corrected chi connectivity index (χ1v) is 9.89. The standard InChI is InChI=1S/C20H16N2O6S/c1-21-29(26,27)18-10-4-14(5-11-18)19(23)12-8-17-9-13-20(28-17)15-2-6-16(7-3-15)22(24)25/h2-13,21H,1H3/b12-8+. The number of nitrogens with one attached hydrogen (secondary N) is 1. The summed E-state index contributed by atoms with van der Waals surface area (Å²) in [6, 6.07) is 14.9. The van der Waals surface area contributed by atoms with Gasteiger partial charge in [-0.1, -0.05) is 0 Å². The van der Waals surface area contributed by atoms with Crippen LogP contribution < -0.4 is 4.72 Å². The van der Waals surface area contributed by atoms with Gasteiger partial charge in [0.2, 0.25) is 10.0 Å². The average Bonchev–Trinajstić information content (AvgIpc) is 3.21. The molecule has 0 radical (unpaired) electrons. The number of nitro benzene ring substituents is 1. The molecular weight excluding hydrogens is 396 g/mol. The molecule has 0 aliphatic heterocycles. The molecule has 0 saturated carbocycles. The fourth-order valence-corrected chi connectivity index (χ4v) is 3.25. The van der Waals surface area contributed by atoms with Gasteiger partial charge in [0.15, 0.2) is 5.78 Å². The van der Waals surface area contributed by atoms with Crippen molar-refractivity contribution in [2.24, 2.45) is 0 Å². The third-order valence-corrected chi connectivity index (χ3v) is 5.54. The van der Waals surface area contributed by atoms with E-state index >= 15 is 0 Å². The molecular formula is C20H16N2O6S. The summed E-state index contributed by atoms with van der Waals surface area (Å²) >= 11 is 0. The van der Waals surface area contributed by atoms with Crippen molar-refractivity contribution in [2.45, 2.75) is 4.90 Å². The van der Waals surface area contributed by atoms with E-state index in [4.69, 9.17) is 4.42 Å². The van der Waals surface area contributed by atoms with Gasteiger partial charge in [-0.25, -0.2) is 13.1 Å². The molecule has 0 spiro atoms. The van der Waals surface area contributed by atoms with Crippen LogP contribution in [0.5, 0.6) is 0 Å². The number of benzene rings is 2. The van der Waals surface area contributed by atoms with Crippen molar-refractivity contribution in [1.82, 2.24) is 4.72 Å². The lowest BCUT2D eigenvalue weighted by Crippen LogP contribution is -2.18. The fraction of sp³-hybridized carbons (Fsp3) is 0.0500. The number of nitrogens with zero attached hydrogens (tertiary/aromatic N) is 1. The molecule has 1 N–H and O–H groups in total. The van der Waals surface area contributed by atoms with Crippen molar-refractivity contribution in [3.05, 3.63) is 88.2 Å². The lowest BCUT2D eigenvalue weighted by atomic mass is 10.1. The number of carbonyl (C=O) groups excluding carboxylic acids is 1. The predicted octanol–water partition coefficient (Wildman–Crippen LogP) is 3.66. The molecule has 3 rings (SSSR count). The molecule has 2 aromatic carbocycles. The molecule has 0 fully saturated rings. The van der Waals surface area contributed by atoms with Crippen LogP contribution in [-0.2, 0) is 10.0 Å². The minimum Gasteiger partial charge on any atom is -0.457 e. The number of sulfonamides is 1. The summed E-state index contributed by atoms with van der Waals surface area (Å²) in [5, 5.41) is 10.7. The minimum atomic E-state index is -3.56. The molecule has 29 heavy (non-hydrogen) atoms. The van der Waals surface area contributed by atoms with Crippen molar-refractivity contribution < 1.29 is 22.6 Å². The van der Waals surface area contributed by atoms with E-state index in [2.05, 4.69) is 4.72 Å². The first-order valence-electron chi connectivity index (χ1n) is 8.41. The number of hydrogen-bond acceptors (Lipinski definition) is 6. The molecule has 0 amide bonds. The SMILES string of the molecule is CNS(=O)(=O)c1ccc(C(=O)/C=C/c2ccc(-c3ccc([N+](=O)[O-])cc3)o2)cc1. The Morgan fingerprint density at radius 3 is 2.28 bits per heavy atom. The van der Waals surface area contributed by atoms with Gasteiger partial charge in [0.25, 0.3) is 5.69 Å². The van der Waals surface area contributed by atoms with Crippen LogP contribution in [0.1, 0.15) is 16.1 Å². The van der Waals surface area contributed by atoms with Crippen molar-refractivity contribution in [3.8, 4) is 11.3 Å². The highest BCUT2D eigenvalue weighted by Crippen LogP contribution is 2.25. The van der Waals surface area contributed by atoms with E-state index in [1.165, 1.54) is 55.6 Å². The predicted molar refractivity (Wildman–Crippen MR) is 107 cm³/mol. The minimum absolute atomic E-state index is 0.0143. The summed E-state index contributed by atoms with van der Waals surface area (Å²) in [5.41, 5.74) is 0.987. The molecule has 0 unspecified atom stereocenters. The van der Waals surface area contributed by atoms with Crippen LogP contribution in [0.25, 0.3) is 17.4 Å². The summed E-state index contributed by atoms with van der Waals surface area (Å²) in [4.78, 5) is 22.6. The second-order valence-corrected chi connectivity index (χ2v) is 7.82. The maximum Gasteiger partial charge on any atom is 0.269 e. The van der Waals surface area contributed by atoms with E-state index in [1.54, 1.807) is 24.3 Å². The zero-order valence-corrected chi connectivity index (χ0v) is 16.0. The zero-order valence-electron chi connectivity index (χ0n) is 15.2. The number of ketones is 1. The highest BCUT2D eigenvalue weighted by atomic mass is 32.2. The molecule has 0 aliphatic rings. The zero-order chi connectivity index (χ0) is 21.0. The Hall–Kier alpha value is -3.56. The Kier molecular flexibility index (Phi) is 5.71. The van der Waals surface area contributed by atoms with Crippen molar-refractivity contribution in [1.29, 1.82) is 0 Å². The highest BCUT2D eigenvalue weighted by molar-refractivity contribution is 7.89. The Labute approximate surface area is 166 Å². The van der Waals surface area contributed by atoms with Crippen LogP contribution in [0.15, 0.2) is 76.1 Å². The van der Waals surface area contributed by atoms with Gasteiger partial charge in [-0.05, 0) is 67.7 Å². The van der Waals surface area contributed by atoms with Crippen molar-refractivity contribution in [3.63, 3.8) is 0 Å². The number of carbonyl (C=O) groups is 1. The second-order valence-electron chi connectivity index (χ2n) is 5.94. The lowest BCUT2D eigenvalue weighted by molar-refractivity contribution is -0.384. The molecule has 148 valence electrons. The van der Waals surface area contributed by atoms with Crippen molar-refractivity contribution in [2.75, 3.05) is 7.05 Å². The number of furan rings is 1. The summed E-state index contributed by atoms with van der Waals surface area (Å²) in [5.74, 6) is 0.626. The summed E-state index contributed by atoms with van der Waals surface area (Å²) in [6.45, 7) is 0. The normalized spacial score (nSPS) is 11.6. The van der Waals surface area contributed by atoms with Crippen LogP contribution in [0, 0.1) is 10.1 Å². The van der Waals surface area contributed by atoms with Gasteiger partial charge in [0.05, 0.1) is 9.82 Å². The quantitative estimate of drug-likeness (QED) is 0.274. The number of nitro groups is 1. The summed E-state index contributed by atoms with van der Waals surface area (Å²) in [6.07, 6.45) is 2.81. The molecule has 3 aromatic rings. The molecule has 0 aliphatic carbocycles. The van der Waals surface area contributed by atoms with Gasteiger partial charge in [-0.15, -0.1) is 0 Å². The topological polar surface area (TPSA) is 120 Å². The van der Waals surface area contributed by atoms with Crippen LogP contribution in [0.2, 0.25) is 0 Å². The third-order valence-electron chi connectivity index (χ3n) is 4.11. The first kappa shape index (κ1) is 20.2. The first-order chi connectivity index (χ1) is 13.8. The number of non-ortho nitro benzene ring substituents is 1. The molecule has 9 heteroatoms. The number of hydrogen-bond donors (Lipinski definition) is 1. The van der Waals surface area contributed by atoms with E-state index < -0.39 is 14.9 Å². The number of allylic oxidation sites excluding steroid dienone is 1. The van der Waals surface area contributed by atoms with Gasteiger partial charge in [0.1, 0.15) is 11.5 Å².